The number of hydrogen-bond acceptors (Lipinski definition) is 5. The van der Waals surface area contributed by atoms with E-state index in [1.165, 1.54) is 7.11 Å². The van der Waals surface area contributed by atoms with E-state index in [0.29, 0.717) is 25.1 Å². The maximum Gasteiger partial charge on any atom is 0.407 e. The summed E-state index contributed by atoms with van der Waals surface area (Å²) in [6.45, 7) is 7.77. The van der Waals surface area contributed by atoms with E-state index < -0.39 is 23.0 Å². The van der Waals surface area contributed by atoms with E-state index in [-0.39, 0.29) is 18.4 Å². The fraction of sp³-hybridized carbons (Fsp3) is 0.706. The van der Waals surface area contributed by atoms with Crippen molar-refractivity contribution in [1.29, 1.82) is 0 Å². The van der Waals surface area contributed by atoms with E-state index in [9.17, 15) is 14.4 Å². The number of amides is 1. The van der Waals surface area contributed by atoms with Crippen molar-refractivity contribution in [3.63, 3.8) is 0 Å². The Morgan fingerprint density at radius 3 is 2.76 bits per heavy atom. The standard InChI is InChI=1S/C17H29FN2O5/c1-12(20(22)23-5)14-8-7-13(11-15(14)18)24-10-6-9-19-16(21)25-17(2,3)4/h7-8,12-13,20H,6,9-11H2,1-5H3,(H,19,21). The van der Waals surface area contributed by atoms with Gasteiger partial charge in [-0.15, -0.1) is 0 Å². The first-order valence-electron chi connectivity index (χ1n) is 8.37. The van der Waals surface area contributed by atoms with Crippen LogP contribution in [0.15, 0.2) is 23.6 Å². The number of alkyl carbamates (subject to hydrolysis) is 1. The lowest BCUT2D eigenvalue weighted by Gasteiger charge is -2.28. The molecule has 0 heterocycles. The van der Waals surface area contributed by atoms with Crippen molar-refractivity contribution in [2.24, 2.45) is 0 Å². The molecule has 3 atom stereocenters. The summed E-state index contributed by atoms with van der Waals surface area (Å²) in [7, 11) is 1.28. The van der Waals surface area contributed by atoms with Crippen LogP contribution in [0, 0.1) is 5.21 Å². The highest BCUT2D eigenvalue weighted by atomic mass is 19.1. The first-order valence-corrected chi connectivity index (χ1v) is 8.37. The van der Waals surface area contributed by atoms with Gasteiger partial charge in [0.15, 0.2) is 0 Å². The van der Waals surface area contributed by atoms with Gasteiger partial charge >= 0.3 is 6.09 Å². The molecular weight excluding hydrogens is 331 g/mol. The fourth-order valence-corrected chi connectivity index (χ4v) is 2.27. The molecule has 0 aromatic heterocycles. The summed E-state index contributed by atoms with van der Waals surface area (Å²) >= 11 is 0. The molecule has 2 N–H and O–H groups in total. The number of carbonyl (C=O) groups excluding carboxylic acids is 1. The molecule has 3 unspecified atom stereocenters. The van der Waals surface area contributed by atoms with Gasteiger partial charge in [0.2, 0.25) is 0 Å². The van der Waals surface area contributed by atoms with Crippen molar-refractivity contribution in [2.45, 2.75) is 58.3 Å². The lowest BCUT2D eigenvalue weighted by atomic mass is 9.99. The van der Waals surface area contributed by atoms with E-state index in [1.54, 1.807) is 39.8 Å². The van der Waals surface area contributed by atoms with Gasteiger partial charge < -0.3 is 20.0 Å². The summed E-state index contributed by atoms with van der Waals surface area (Å²) in [4.78, 5) is 16.1. The lowest BCUT2D eigenvalue weighted by molar-refractivity contribution is -1.06. The third-order valence-electron chi connectivity index (χ3n) is 3.53. The first kappa shape index (κ1) is 21.6. The molecule has 0 fully saturated rings. The van der Waals surface area contributed by atoms with Crippen LogP contribution in [0.1, 0.15) is 40.5 Å². The zero-order valence-electron chi connectivity index (χ0n) is 15.6. The second kappa shape index (κ2) is 9.86. The van der Waals surface area contributed by atoms with Crippen LogP contribution in [0.4, 0.5) is 9.18 Å². The van der Waals surface area contributed by atoms with Gasteiger partial charge in [-0.25, -0.2) is 19.2 Å². The van der Waals surface area contributed by atoms with Gasteiger partial charge in [-0.1, -0.05) is 12.2 Å². The van der Waals surface area contributed by atoms with Gasteiger partial charge in [-0.2, -0.15) is 0 Å². The van der Waals surface area contributed by atoms with Gasteiger partial charge in [0.05, 0.1) is 13.2 Å². The van der Waals surface area contributed by atoms with Crippen LogP contribution >= 0.6 is 0 Å². The van der Waals surface area contributed by atoms with Gasteiger partial charge in [0.25, 0.3) is 0 Å². The molecule has 8 heteroatoms. The summed E-state index contributed by atoms with van der Waals surface area (Å²) in [6, 6.07) is -0.639. The maximum absolute atomic E-state index is 14.2. The number of nitrogens with one attached hydrogen (secondary N) is 2. The highest BCUT2D eigenvalue weighted by molar-refractivity contribution is 5.67. The highest BCUT2D eigenvalue weighted by Gasteiger charge is 2.24. The topological polar surface area (TPSA) is 84.3 Å². The highest BCUT2D eigenvalue weighted by Crippen LogP contribution is 2.24. The summed E-state index contributed by atoms with van der Waals surface area (Å²) < 4.78 is 24.8. The minimum absolute atomic E-state index is 0.0899. The maximum atomic E-state index is 14.2. The van der Waals surface area contributed by atoms with E-state index >= 15 is 0 Å². The Bertz CT molecular complexity index is 502. The zero-order valence-corrected chi connectivity index (χ0v) is 15.6. The molecule has 0 saturated heterocycles. The Labute approximate surface area is 148 Å². The van der Waals surface area contributed by atoms with Crippen LogP contribution in [0.5, 0.6) is 0 Å². The molecule has 0 aliphatic heterocycles. The molecule has 1 aliphatic carbocycles. The lowest BCUT2D eigenvalue weighted by Crippen LogP contribution is -3.09. The summed E-state index contributed by atoms with van der Waals surface area (Å²) in [5.74, 6) is -0.364. The number of hydrogen-bond donors (Lipinski definition) is 2. The number of carbonyl (C=O) groups is 1. The molecule has 0 spiro atoms. The first-order chi connectivity index (χ1) is 11.6. The number of hydroxylamine groups is 2. The molecule has 0 bridgehead atoms. The smallest absolute Gasteiger partial charge is 0.407 e. The minimum atomic E-state index is -0.639. The van der Waals surface area contributed by atoms with Gasteiger partial charge in [0, 0.05) is 25.1 Å². The Hall–Kier alpha value is -1.48. The molecule has 25 heavy (non-hydrogen) atoms. The van der Waals surface area contributed by atoms with Crippen LogP contribution < -0.4 is 10.5 Å². The van der Waals surface area contributed by atoms with Gasteiger partial charge in [-0.05, 0) is 34.1 Å². The molecule has 1 amide bonds. The summed E-state index contributed by atoms with van der Waals surface area (Å²) in [5, 5.41) is 13.7. The van der Waals surface area contributed by atoms with E-state index in [1.807, 2.05) is 0 Å². The molecule has 0 saturated carbocycles. The number of quaternary nitrogens is 1. The quantitative estimate of drug-likeness (QED) is 0.509. The van der Waals surface area contributed by atoms with Crippen LogP contribution in [0.2, 0.25) is 0 Å². The van der Waals surface area contributed by atoms with Crippen molar-refractivity contribution in [3.8, 4) is 0 Å². The van der Waals surface area contributed by atoms with E-state index in [2.05, 4.69) is 10.2 Å². The minimum Gasteiger partial charge on any atom is -0.599 e. The Morgan fingerprint density at radius 1 is 1.52 bits per heavy atom. The van der Waals surface area contributed by atoms with Crippen molar-refractivity contribution >= 4 is 6.09 Å². The molecule has 7 nitrogen and oxygen atoms in total. The number of halogens is 1. The van der Waals surface area contributed by atoms with E-state index in [4.69, 9.17) is 9.47 Å². The van der Waals surface area contributed by atoms with Crippen molar-refractivity contribution in [2.75, 3.05) is 20.3 Å². The average molecular weight is 360 g/mol. The fourth-order valence-electron chi connectivity index (χ4n) is 2.27. The van der Waals surface area contributed by atoms with Gasteiger partial charge in [-0.3, -0.25) is 0 Å². The van der Waals surface area contributed by atoms with Gasteiger partial charge in [0.1, 0.15) is 17.5 Å². The molecular formula is C17H29FN2O5. The molecule has 144 valence electrons. The molecule has 0 aromatic rings. The number of rotatable bonds is 8. The monoisotopic (exact) mass is 360 g/mol. The van der Waals surface area contributed by atoms with Crippen molar-refractivity contribution in [3.05, 3.63) is 28.8 Å². The molecule has 1 aliphatic rings. The van der Waals surface area contributed by atoms with Crippen LogP contribution in [-0.2, 0) is 14.3 Å². The third kappa shape index (κ3) is 7.96. The number of ether oxygens (including phenoxy) is 2. The largest absolute Gasteiger partial charge is 0.599 e. The summed E-state index contributed by atoms with van der Waals surface area (Å²) in [5.41, 5.74) is -0.200. The SMILES string of the molecule is CO[NH+]([O-])C(C)C1=C(F)CC(OCCCNC(=O)OC(C)(C)C)C=C1. The molecule has 1 rings (SSSR count). The predicted octanol–water partition coefficient (Wildman–Crippen LogP) is 1.80. The Balaban J connectivity index is 2.28. The Morgan fingerprint density at radius 2 is 2.20 bits per heavy atom. The second-order valence-electron chi connectivity index (χ2n) is 6.86. The Kier molecular flexibility index (Phi) is 8.51. The second-order valence-corrected chi connectivity index (χ2v) is 6.86. The molecule has 0 radical (unpaired) electrons. The van der Waals surface area contributed by atoms with E-state index in [0.717, 1.165) is 0 Å². The average Bonchev–Trinajstić information content (AvgIpc) is 2.51. The van der Waals surface area contributed by atoms with Crippen molar-refractivity contribution < 1.29 is 28.7 Å². The normalized spacial score (nSPS) is 20.4. The van der Waals surface area contributed by atoms with Crippen LogP contribution in [0.3, 0.4) is 0 Å². The summed E-state index contributed by atoms with van der Waals surface area (Å²) in [6.07, 6.45) is 3.13. The van der Waals surface area contributed by atoms with Crippen molar-refractivity contribution in [1.82, 2.24) is 5.32 Å². The third-order valence-corrected chi connectivity index (χ3v) is 3.53. The zero-order chi connectivity index (χ0) is 19.0. The molecule has 0 aromatic carbocycles. The predicted molar refractivity (Wildman–Crippen MR) is 91.3 cm³/mol. The van der Waals surface area contributed by atoms with Crippen LogP contribution in [0.25, 0.3) is 0 Å². The van der Waals surface area contributed by atoms with Crippen LogP contribution in [-0.4, -0.2) is 44.1 Å².